The summed E-state index contributed by atoms with van der Waals surface area (Å²) in [6.07, 6.45) is 4.83. The van der Waals surface area contributed by atoms with Gasteiger partial charge in [-0.05, 0) is 30.5 Å². The Morgan fingerprint density at radius 3 is 2.41 bits per heavy atom. The lowest BCUT2D eigenvalue weighted by molar-refractivity contribution is -0.148. The lowest BCUT2D eigenvalue weighted by Crippen LogP contribution is -2.49. The molecule has 4 rings (SSSR count). The summed E-state index contributed by atoms with van der Waals surface area (Å²) in [5, 5.41) is 9.87. The molecule has 0 saturated carbocycles. The Morgan fingerprint density at radius 2 is 1.74 bits per heavy atom. The summed E-state index contributed by atoms with van der Waals surface area (Å²) in [5.74, 6) is -0.827. The van der Waals surface area contributed by atoms with Gasteiger partial charge in [-0.3, -0.25) is 9.59 Å². The number of piperidine rings is 1. The minimum absolute atomic E-state index is 0.00884. The standard InChI is InChI=1S/C21H21N3O3/c25-19(14-17-15-24-11-5-4-8-18(24)22-17)23-12-9-21(10-13-23,20(26)27)16-6-2-1-3-7-16/h1-8,11,15H,9-10,12-14H2,(H,26,27). The van der Waals surface area contributed by atoms with E-state index in [1.165, 1.54) is 0 Å². The number of carboxylic acid groups (broad SMARTS) is 1. The van der Waals surface area contributed by atoms with E-state index in [9.17, 15) is 14.7 Å². The second-order valence-corrected chi connectivity index (χ2v) is 7.01. The van der Waals surface area contributed by atoms with Gasteiger partial charge in [0.1, 0.15) is 5.65 Å². The lowest BCUT2D eigenvalue weighted by atomic mass is 9.73. The number of nitrogens with zero attached hydrogens (tertiary/aromatic N) is 3. The minimum Gasteiger partial charge on any atom is -0.481 e. The highest BCUT2D eigenvalue weighted by Gasteiger charge is 2.43. The van der Waals surface area contributed by atoms with Crippen LogP contribution < -0.4 is 0 Å². The molecule has 0 spiro atoms. The maximum atomic E-state index is 12.7. The van der Waals surface area contributed by atoms with E-state index in [1.807, 2.05) is 65.3 Å². The molecule has 6 nitrogen and oxygen atoms in total. The molecule has 1 aliphatic rings. The first kappa shape index (κ1) is 17.3. The molecule has 1 aliphatic heterocycles. The van der Waals surface area contributed by atoms with Crippen LogP contribution in [0.3, 0.4) is 0 Å². The summed E-state index contributed by atoms with van der Waals surface area (Å²) in [7, 11) is 0. The Balaban J connectivity index is 1.46. The van der Waals surface area contributed by atoms with Crippen molar-refractivity contribution in [2.45, 2.75) is 24.7 Å². The fourth-order valence-corrected chi connectivity index (χ4v) is 3.86. The minimum atomic E-state index is -0.916. The molecule has 1 amide bonds. The number of likely N-dealkylation sites (tertiary alicyclic amines) is 1. The van der Waals surface area contributed by atoms with Gasteiger partial charge in [0.2, 0.25) is 5.91 Å². The first-order valence-corrected chi connectivity index (χ1v) is 9.08. The number of amides is 1. The zero-order valence-corrected chi connectivity index (χ0v) is 14.9. The van der Waals surface area contributed by atoms with E-state index in [0.29, 0.717) is 25.9 Å². The number of aromatic nitrogens is 2. The third kappa shape index (κ3) is 3.18. The van der Waals surface area contributed by atoms with Crippen LogP contribution in [0.2, 0.25) is 0 Å². The van der Waals surface area contributed by atoms with Crippen molar-refractivity contribution >= 4 is 17.5 Å². The normalized spacial score (nSPS) is 16.4. The average molecular weight is 363 g/mol. The molecule has 27 heavy (non-hydrogen) atoms. The largest absolute Gasteiger partial charge is 0.481 e. The van der Waals surface area contributed by atoms with Gasteiger partial charge < -0.3 is 14.4 Å². The van der Waals surface area contributed by atoms with Crippen LogP contribution in [0.25, 0.3) is 5.65 Å². The van der Waals surface area contributed by atoms with Gasteiger partial charge >= 0.3 is 5.97 Å². The zero-order chi connectivity index (χ0) is 18.9. The number of carboxylic acids is 1. The topological polar surface area (TPSA) is 74.9 Å². The van der Waals surface area contributed by atoms with Gasteiger partial charge in [0, 0.05) is 25.5 Å². The molecule has 1 saturated heterocycles. The highest BCUT2D eigenvalue weighted by Crippen LogP contribution is 2.36. The van der Waals surface area contributed by atoms with Crippen LogP contribution in [-0.4, -0.2) is 44.4 Å². The summed E-state index contributed by atoms with van der Waals surface area (Å²) in [4.78, 5) is 30.9. The number of carbonyl (C=O) groups is 2. The predicted octanol–water partition coefficient (Wildman–Crippen LogP) is 2.52. The first-order chi connectivity index (χ1) is 13.1. The van der Waals surface area contributed by atoms with E-state index in [1.54, 1.807) is 4.90 Å². The van der Waals surface area contributed by atoms with Gasteiger partial charge in [-0.25, -0.2) is 4.98 Å². The third-order valence-corrected chi connectivity index (χ3v) is 5.45. The van der Waals surface area contributed by atoms with Crippen LogP contribution in [-0.2, 0) is 21.4 Å². The fraction of sp³-hybridized carbons (Fsp3) is 0.286. The number of benzene rings is 1. The maximum absolute atomic E-state index is 12.7. The van der Waals surface area contributed by atoms with Crippen molar-refractivity contribution in [1.82, 2.24) is 14.3 Å². The average Bonchev–Trinajstić information content (AvgIpc) is 3.10. The van der Waals surface area contributed by atoms with Gasteiger partial charge in [0.05, 0.1) is 17.5 Å². The van der Waals surface area contributed by atoms with Crippen LogP contribution in [0.5, 0.6) is 0 Å². The monoisotopic (exact) mass is 363 g/mol. The molecular formula is C21H21N3O3. The summed E-state index contributed by atoms with van der Waals surface area (Å²) >= 11 is 0. The first-order valence-electron chi connectivity index (χ1n) is 9.08. The molecule has 1 N–H and O–H groups in total. The smallest absolute Gasteiger partial charge is 0.314 e. The Bertz CT molecular complexity index is 940. The van der Waals surface area contributed by atoms with Gasteiger partial charge in [-0.2, -0.15) is 0 Å². The number of imidazole rings is 1. The quantitative estimate of drug-likeness (QED) is 0.773. The number of fused-ring (bicyclic) bond motifs is 1. The van der Waals surface area contributed by atoms with Crippen molar-refractivity contribution in [3.63, 3.8) is 0 Å². The SMILES string of the molecule is O=C(Cc1cn2ccccc2n1)N1CCC(C(=O)O)(c2ccccc2)CC1. The van der Waals surface area contributed by atoms with Crippen molar-refractivity contribution in [2.24, 2.45) is 0 Å². The van der Waals surface area contributed by atoms with Crippen molar-refractivity contribution in [3.05, 3.63) is 72.2 Å². The third-order valence-electron chi connectivity index (χ3n) is 5.45. The molecule has 0 unspecified atom stereocenters. The van der Waals surface area contributed by atoms with E-state index in [2.05, 4.69) is 4.98 Å². The number of hydrogen-bond acceptors (Lipinski definition) is 3. The van der Waals surface area contributed by atoms with Crippen LogP contribution in [0.1, 0.15) is 24.1 Å². The van der Waals surface area contributed by atoms with Gasteiger partial charge in [0.25, 0.3) is 0 Å². The van der Waals surface area contributed by atoms with E-state index >= 15 is 0 Å². The van der Waals surface area contributed by atoms with E-state index < -0.39 is 11.4 Å². The van der Waals surface area contributed by atoms with Crippen molar-refractivity contribution in [2.75, 3.05) is 13.1 Å². The second kappa shape index (κ2) is 6.87. The Labute approximate surface area is 157 Å². The van der Waals surface area contributed by atoms with Crippen LogP contribution >= 0.6 is 0 Å². The Hall–Kier alpha value is -3.15. The molecule has 0 atom stereocenters. The molecule has 6 heteroatoms. The molecule has 3 heterocycles. The molecule has 1 fully saturated rings. The predicted molar refractivity (Wildman–Crippen MR) is 100 cm³/mol. The maximum Gasteiger partial charge on any atom is 0.314 e. The number of carbonyl (C=O) groups excluding carboxylic acids is 1. The molecule has 138 valence electrons. The number of pyridine rings is 1. The lowest BCUT2D eigenvalue weighted by Gasteiger charge is -2.39. The summed E-state index contributed by atoms with van der Waals surface area (Å²) < 4.78 is 1.89. The van der Waals surface area contributed by atoms with Crippen LogP contribution in [0, 0.1) is 0 Å². The zero-order valence-electron chi connectivity index (χ0n) is 14.9. The van der Waals surface area contributed by atoms with Crippen molar-refractivity contribution < 1.29 is 14.7 Å². The van der Waals surface area contributed by atoms with E-state index in [4.69, 9.17) is 0 Å². The van der Waals surface area contributed by atoms with Gasteiger partial charge in [-0.1, -0.05) is 36.4 Å². The second-order valence-electron chi connectivity index (χ2n) is 7.01. The highest BCUT2D eigenvalue weighted by molar-refractivity contribution is 5.83. The number of aliphatic carboxylic acids is 1. The van der Waals surface area contributed by atoms with Gasteiger partial charge in [0.15, 0.2) is 0 Å². The van der Waals surface area contributed by atoms with Crippen LogP contribution in [0.4, 0.5) is 0 Å². The summed E-state index contributed by atoms with van der Waals surface area (Å²) in [6.45, 7) is 0.876. The van der Waals surface area contributed by atoms with Gasteiger partial charge in [-0.15, -0.1) is 0 Å². The molecule has 0 aliphatic carbocycles. The molecule has 2 aromatic heterocycles. The van der Waals surface area contributed by atoms with Crippen LogP contribution in [0.15, 0.2) is 60.9 Å². The molecular weight excluding hydrogens is 342 g/mol. The Kier molecular flexibility index (Phi) is 4.39. The number of hydrogen-bond donors (Lipinski definition) is 1. The Morgan fingerprint density at radius 1 is 1.04 bits per heavy atom. The fourth-order valence-electron chi connectivity index (χ4n) is 3.86. The van der Waals surface area contributed by atoms with E-state index in [-0.39, 0.29) is 12.3 Å². The molecule has 0 bridgehead atoms. The molecule has 0 radical (unpaired) electrons. The van der Waals surface area contributed by atoms with Crippen molar-refractivity contribution in [3.8, 4) is 0 Å². The molecule has 1 aromatic carbocycles. The van der Waals surface area contributed by atoms with Crippen molar-refractivity contribution in [1.29, 1.82) is 0 Å². The highest BCUT2D eigenvalue weighted by atomic mass is 16.4. The number of rotatable bonds is 4. The van der Waals surface area contributed by atoms with E-state index in [0.717, 1.165) is 16.9 Å². The summed E-state index contributed by atoms with van der Waals surface area (Å²) in [5.41, 5.74) is 1.43. The summed E-state index contributed by atoms with van der Waals surface area (Å²) in [6, 6.07) is 15.1. The molecule has 3 aromatic rings.